The van der Waals surface area contributed by atoms with Gasteiger partial charge in [0.25, 0.3) is 0 Å². The maximum atomic E-state index is 12.5. The minimum atomic E-state index is -1.06. The Morgan fingerprint density at radius 1 is 1.29 bits per heavy atom. The fourth-order valence-electron chi connectivity index (χ4n) is 3.66. The maximum absolute atomic E-state index is 12.5. The minimum absolute atomic E-state index is 0.0786. The number of aliphatic hydroxyl groups is 1. The lowest BCUT2D eigenvalue weighted by molar-refractivity contribution is -0.145. The van der Waals surface area contributed by atoms with Crippen LogP contribution >= 0.6 is 23.5 Å². The Morgan fingerprint density at radius 2 is 2.14 bits per heavy atom. The molecule has 2 aliphatic heterocycles. The van der Waals surface area contributed by atoms with E-state index in [1.165, 1.54) is 16.7 Å². The number of furan rings is 1. The first kappa shape index (κ1) is 17.7. The molecule has 2 atom stereocenters. The smallest absolute Gasteiger partial charge is 0.352 e. The molecule has 1 amide bonds. The molecule has 28 heavy (non-hydrogen) atoms. The van der Waals surface area contributed by atoms with Gasteiger partial charge in [-0.1, -0.05) is 18.2 Å². The monoisotopic (exact) mass is 413 g/mol. The molecule has 2 aromatic carbocycles. The molecule has 5 rings (SSSR count). The Kier molecular flexibility index (Phi) is 4.15. The van der Waals surface area contributed by atoms with Crippen LogP contribution in [0, 0.1) is 0 Å². The number of hydrogen-bond donors (Lipinski definition) is 2. The second kappa shape index (κ2) is 6.58. The van der Waals surface area contributed by atoms with Crippen molar-refractivity contribution in [2.24, 2.45) is 0 Å². The number of fused-ring (bicyclic) bond motifs is 4. The van der Waals surface area contributed by atoms with Gasteiger partial charge in [0.2, 0.25) is 5.91 Å². The number of carboxylic acid groups (broad SMARTS) is 1. The average molecular weight is 413 g/mol. The predicted octanol–water partition coefficient (Wildman–Crippen LogP) is 3.42. The zero-order chi connectivity index (χ0) is 19.4. The van der Waals surface area contributed by atoms with Crippen LogP contribution in [0.15, 0.2) is 57.5 Å². The van der Waals surface area contributed by atoms with Crippen molar-refractivity contribution >= 4 is 57.3 Å². The summed E-state index contributed by atoms with van der Waals surface area (Å²) in [5.74, 6) is -0.659. The molecule has 3 heterocycles. The lowest BCUT2D eigenvalue weighted by Crippen LogP contribution is -2.62. The number of aliphatic hydroxyl groups excluding tert-OH is 1. The Bertz CT molecular complexity index is 1170. The fraction of sp³-hybridized carbons (Fsp3) is 0.200. The second-order valence-corrected chi connectivity index (χ2v) is 8.94. The number of para-hydroxylation sites is 1. The number of hydrogen-bond acceptors (Lipinski definition) is 6. The Morgan fingerprint density at radius 3 is 2.93 bits per heavy atom. The molecule has 1 saturated heterocycles. The highest BCUT2D eigenvalue weighted by Crippen LogP contribution is 2.46. The quantitative estimate of drug-likeness (QED) is 0.633. The van der Waals surface area contributed by atoms with Crippen LogP contribution in [-0.2, 0) is 16.2 Å². The zero-order valence-electron chi connectivity index (χ0n) is 14.5. The van der Waals surface area contributed by atoms with E-state index in [0.717, 1.165) is 21.2 Å². The fourth-order valence-corrected chi connectivity index (χ4v) is 6.24. The lowest BCUT2D eigenvalue weighted by Gasteiger charge is -2.47. The van der Waals surface area contributed by atoms with Crippen LogP contribution in [0.25, 0.3) is 21.9 Å². The van der Waals surface area contributed by atoms with E-state index in [2.05, 4.69) is 0 Å². The summed E-state index contributed by atoms with van der Waals surface area (Å²) in [7, 11) is 0. The molecule has 0 aliphatic carbocycles. The van der Waals surface area contributed by atoms with Crippen LogP contribution in [-0.4, -0.2) is 43.4 Å². The summed E-state index contributed by atoms with van der Waals surface area (Å²) in [6, 6.07) is 11.5. The number of thioether (sulfide) groups is 2. The normalized spacial score (nSPS) is 21.5. The van der Waals surface area contributed by atoms with E-state index in [1.54, 1.807) is 17.8 Å². The second-order valence-electron chi connectivity index (χ2n) is 6.58. The van der Waals surface area contributed by atoms with E-state index in [0.29, 0.717) is 16.9 Å². The molecule has 2 aliphatic rings. The standard InChI is InChI=1S/C20H15NO5S2/c22-9-10-2-1-3-13-12-5-4-11(8-15(12)26-16(10)13)28-17-18(23)21-14(20(24)25)6-7-27-19(17)21/h1-6,8,17,19,22H,7,9H2,(H,24,25)/t17?,19-/m0/s1. The van der Waals surface area contributed by atoms with Crippen molar-refractivity contribution in [2.75, 3.05) is 5.75 Å². The first-order valence-corrected chi connectivity index (χ1v) is 10.6. The largest absolute Gasteiger partial charge is 0.477 e. The first-order valence-electron chi connectivity index (χ1n) is 8.68. The number of carboxylic acids is 1. The minimum Gasteiger partial charge on any atom is -0.477 e. The van der Waals surface area contributed by atoms with E-state index in [1.807, 2.05) is 36.4 Å². The SMILES string of the molecule is O=C(O)C1=CCS[C@H]2C(Sc3ccc4c(c3)oc3c(CO)cccc34)C(=O)N12. The number of carbonyl (C=O) groups excluding carboxylic acids is 1. The van der Waals surface area contributed by atoms with E-state index in [9.17, 15) is 19.8 Å². The number of aliphatic carboxylic acids is 1. The highest BCUT2D eigenvalue weighted by molar-refractivity contribution is 8.04. The van der Waals surface area contributed by atoms with Crippen LogP contribution in [0.1, 0.15) is 5.56 Å². The Labute approximate surface area is 168 Å². The van der Waals surface area contributed by atoms with Crippen LogP contribution < -0.4 is 0 Å². The molecule has 0 radical (unpaired) electrons. The van der Waals surface area contributed by atoms with Gasteiger partial charge in [0, 0.05) is 27.0 Å². The molecule has 0 saturated carbocycles. The summed E-state index contributed by atoms with van der Waals surface area (Å²) in [4.78, 5) is 26.1. The molecule has 0 bridgehead atoms. The zero-order valence-corrected chi connectivity index (χ0v) is 16.1. The van der Waals surface area contributed by atoms with Crippen molar-refractivity contribution in [1.29, 1.82) is 0 Å². The third kappa shape index (κ3) is 2.56. The Balaban J connectivity index is 1.45. The molecular formula is C20H15NO5S2. The van der Waals surface area contributed by atoms with Crippen LogP contribution in [0.4, 0.5) is 0 Å². The van der Waals surface area contributed by atoms with E-state index in [-0.39, 0.29) is 28.8 Å². The van der Waals surface area contributed by atoms with Gasteiger partial charge in [-0.2, -0.15) is 0 Å². The van der Waals surface area contributed by atoms with Crippen LogP contribution in [0.5, 0.6) is 0 Å². The summed E-state index contributed by atoms with van der Waals surface area (Å²) >= 11 is 3.00. The highest BCUT2D eigenvalue weighted by atomic mass is 32.2. The summed E-state index contributed by atoms with van der Waals surface area (Å²) in [5.41, 5.74) is 2.19. The van der Waals surface area contributed by atoms with Crippen LogP contribution in [0.3, 0.4) is 0 Å². The topological polar surface area (TPSA) is 91.0 Å². The van der Waals surface area contributed by atoms with Gasteiger partial charge < -0.3 is 14.6 Å². The van der Waals surface area contributed by atoms with Gasteiger partial charge in [0.1, 0.15) is 27.5 Å². The number of carbonyl (C=O) groups is 2. The number of amides is 1. The van der Waals surface area contributed by atoms with Crippen molar-refractivity contribution < 1.29 is 24.2 Å². The van der Waals surface area contributed by atoms with Crippen molar-refractivity contribution in [3.8, 4) is 0 Å². The lowest BCUT2D eigenvalue weighted by atomic mass is 10.1. The molecule has 3 aromatic rings. The molecule has 2 N–H and O–H groups in total. The highest BCUT2D eigenvalue weighted by Gasteiger charge is 2.52. The molecular weight excluding hydrogens is 398 g/mol. The van der Waals surface area contributed by atoms with E-state index < -0.39 is 5.97 Å². The van der Waals surface area contributed by atoms with Gasteiger partial charge in [-0.05, 0) is 24.3 Å². The maximum Gasteiger partial charge on any atom is 0.352 e. The number of β-lactam (4-membered cyclic amide) rings is 1. The molecule has 1 fully saturated rings. The predicted molar refractivity (Wildman–Crippen MR) is 108 cm³/mol. The Hall–Kier alpha value is -2.42. The third-order valence-electron chi connectivity index (χ3n) is 5.00. The van der Waals surface area contributed by atoms with Crippen molar-refractivity contribution in [3.63, 3.8) is 0 Å². The third-order valence-corrected chi connectivity index (χ3v) is 7.60. The summed E-state index contributed by atoms with van der Waals surface area (Å²) in [6.07, 6.45) is 1.58. The molecule has 1 aromatic heterocycles. The van der Waals surface area contributed by atoms with Gasteiger partial charge in [-0.25, -0.2) is 4.79 Å². The summed E-state index contributed by atoms with van der Waals surface area (Å²) in [6.45, 7) is -0.0937. The number of nitrogens with zero attached hydrogens (tertiary/aromatic N) is 1. The number of benzene rings is 2. The molecule has 6 nitrogen and oxygen atoms in total. The average Bonchev–Trinajstić information content (AvgIpc) is 3.09. The van der Waals surface area contributed by atoms with Gasteiger partial charge in [-0.3, -0.25) is 9.69 Å². The summed E-state index contributed by atoms with van der Waals surface area (Å²) < 4.78 is 5.97. The van der Waals surface area contributed by atoms with Crippen molar-refractivity contribution in [1.82, 2.24) is 4.90 Å². The van der Waals surface area contributed by atoms with Crippen molar-refractivity contribution in [2.45, 2.75) is 22.1 Å². The molecule has 0 spiro atoms. The molecule has 8 heteroatoms. The van der Waals surface area contributed by atoms with Gasteiger partial charge in [0.05, 0.1) is 6.61 Å². The molecule has 1 unspecified atom stereocenters. The molecule has 142 valence electrons. The van der Waals surface area contributed by atoms with Gasteiger partial charge in [-0.15, -0.1) is 23.5 Å². The van der Waals surface area contributed by atoms with Crippen LogP contribution in [0.2, 0.25) is 0 Å². The van der Waals surface area contributed by atoms with Crippen molar-refractivity contribution in [3.05, 3.63) is 53.7 Å². The van der Waals surface area contributed by atoms with E-state index in [4.69, 9.17) is 4.42 Å². The van der Waals surface area contributed by atoms with Gasteiger partial charge in [0.15, 0.2) is 0 Å². The van der Waals surface area contributed by atoms with Gasteiger partial charge >= 0.3 is 5.97 Å². The first-order chi connectivity index (χ1) is 13.6. The number of rotatable bonds is 4. The summed E-state index contributed by atoms with van der Waals surface area (Å²) in [5, 5.41) is 20.2. The van der Waals surface area contributed by atoms with E-state index >= 15 is 0 Å².